The SMILES string of the molecule is Cc1ccc(C(=O)NCC(C)Cl)s1. The van der Waals surface area contributed by atoms with Gasteiger partial charge in [0, 0.05) is 16.8 Å². The van der Waals surface area contributed by atoms with E-state index in [0.717, 1.165) is 9.75 Å². The molecule has 1 aromatic heterocycles. The molecule has 1 unspecified atom stereocenters. The molecule has 0 saturated carbocycles. The van der Waals surface area contributed by atoms with Gasteiger partial charge in [-0.2, -0.15) is 0 Å². The normalized spacial score (nSPS) is 12.5. The summed E-state index contributed by atoms with van der Waals surface area (Å²) in [5, 5.41) is 2.73. The van der Waals surface area contributed by atoms with Gasteiger partial charge in [0.2, 0.25) is 0 Å². The van der Waals surface area contributed by atoms with Crippen LogP contribution in [0, 0.1) is 6.92 Å². The van der Waals surface area contributed by atoms with E-state index in [0.29, 0.717) is 6.54 Å². The Hall–Kier alpha value is -0.540. The number of hydrogen-bond donors (Lipinski definition) is 1. The summed E-state index contributed by atoms with van der Waals surface area (Å²) in [5.41, 5.74) is 0. The van der Waals surface area contributed by atoms with Crippen molar-refractivity contribution in [3.63, 3.8) is 0 Å². The van der Waals surface area contributed by atoms with Crippen molar-refractivity contribution >= 4 is 28.8 Å². The molecule has 13 heavy (non-hydrogen) atoms. The maximum Gasteiger partial charge on any atom is 0.261 e. The number of nitrogens with one attached hydrogen (secondary N) is 1. The quantitative estimate of drug-likeness (QED) is 0.775. The minimum atomic E-state index is -0.0365. The third-order valence-corrected chi connectivity index (χ3v) is 2.66. The first-order chi connectivity index (χ1) is 6.09. The zero-order chi connectivity index (χ0) is 9.84. The molecule has 0 fully saturated rings. The summed E-state index contributed by atoms with van der Waals surface area (Å²) in [5.74, 6) is -0.0365. The summed E-state index contributed by atoms with van der Waals surface area (Å²) in [6, 6.07) is 3.76. The Labute approximate surface area is 86.9 Å². The van der Waals surface area contributed by atoms with Crippen molar-refractivity contribution < 1.29 is 4.79 Å². The molecule has 1 rings (SSSR count). The smallest absolute Gasteiger partial charge is 0.261 e. The van der Waals surface area contributed by atoms with Crippen LogP contribution in [0.15, 0.2) is 12.1 Å². The van der Waals surface area contributed by atoms with Gasteiger partial charge in [0.1, 0.15) is 0 Å². The Kier molecular flexibility index (Phi) is 3.75. The molecule has 0 bridgehead atoms. The van der Waals surface area contributed by atoms with Crippen molar-refractivity contribution in [3.8, 4) is 0 Å². The molecule has 1 heterocycles. The average molecular weight is 218 g/mol. The number of aryl methyl sites for hydroxylation is 1. The lowest BCUT2D eigenvalue weighted by Crippen LogP contribution is -2.27. The van der Waals surface area contributed by atoms with Crippen LogP contribution in [0.4, 0.5) is 0 Å². The molecule has 1 atom stereocenters. The molecule has 0 radical (unpaired) electrons. The predicted molar refractivity (Wildman–Crippen MR) is 56.7 cm³/mol. The predicted octanol–water partition coefficient (Wildman–Crippen LogP) is 2.41. The molecule has 4 heteroatoms. The molecule has 0 aliphatic carbocycles. The first-order valence-corrected chi connectivity index (χ1v) is 5.33. The van der Waals surface area contributed by atoms with E-state index in [1.54, 1.807) is 0 Å². The zero-order valence-corrected chi connectivity index (χ0v) is 9.21. The summed E-state index contributed by atoms with van der Waals surface area (Å²) < 4.78 is 0. The largest absolute Gasteiger partial charge is 0.350 e. The van der Waals surface area contributed by atoms with Gasteiger partial charge in [0.05, 0.1) is 4.88 Å². The van der Waals surface area contributed by atoms with Gasteiger partial charge in [-0.25, -0.2) is 0 Å². The third-order valence-electron chi connectivity index (χ3n) is 1.51. The summed E-state index contributed by atoms with van der Waals surface area (Å²) in [4.78, 5) is 13.3. The second-order valence-electron chi connectivity index (χ2n) is 2.90. The number of alkyl halides is 1. The maximum absolute atomic E-state index is 11.4. The van der Waals surface area contributed by atoms with E-state index in [1.807, 2.05) is 26.0 Å². The number of hydrogen-bond acceptors (Lipinski definition) is 2. The molecule has 1 aromatic rings. The van der Waals surface area contributed by atoms with Gasteiger partial charge in [-0.1, -0.05) is 0 Å². The van der Waals surface area contributed by atoms with Crippen molar-refractivity contribution in [2.24, 2.45) is 0 Å². The fourth-order valence-corrected chi connectivity index (χ4v) is 1.74. The summed E-state index contributed by atoms with van der Waals surface area (Å²) >= 11 is 7.20. The molecule has 0 spiro atoms. The summed E-state index contributed by atoms with van der Waals surface area (Å²) in [7, 11) is 0. The highest BCUT2D eigenvalue weighted by atomic mass is 35.5. The van der Waals surface area contributed by atoms with Gasteiger partial charge in [0.25, 0.3) is 5.91 Å². The van der Waals surface area contributed by atoms with Crippen LogP contribution in [0.2, 0.25) is 0 Å². The van der Waals surface area contributed by atoms with Crippen molar-refractivity contribution in [2.45, 2.75) is 19.2 Å². The van der Waals surface area contributed by atoms with E-state index in [-0.39, 0.29) is 11.3 Å². The van der Waals surface area contributed by atoms with Crippen LogP contribution < -0.4 is 5.32 Å². The van der Waals surface area contributed by atoms with Crippen LogP contribution in [-0.2, 0) is 0 Å². The number of carbonyl (C=O) groups is 1. The minimum absolute atomic E-state index is 0.0231. The highest BCUT2D eigenvalue weighted by Gasteiger charge is 2.07. The lowest BCUT2D eigenvalue weighted by molar-refractivity contribution is 0.0958. The van der Waals surface area contributed by atoms with Crippen LogP contribution in [0.1, 0.15) is 21.5 Å². The third kappa shape index (κ3) is 3.36. The Balaban J connectivity index is 2.49. The lowest BCUT2D eigenvalue weighted by atomic mass is 10.4. The van der Waals surface area contributed by atoms with Gasteiger partial charge < -0.3 is 5.32 Å². The van der Waals surface area contributed by atoms with Gasteiger partial charge in [-0.05, 0) is 26.0 Å². The van der Waals surface area contributed by atoms with Crippen LogP contribution >= 0.6 is 22.9 Å². The van der Waals surface area contributed by atoms with Gasteiger partial charge >= 0.3 is 0 Å². The van der Waals surface area contributed by atoms with Gasteiger partial charge in [-0.15, -0.1) is 22.9 Å². The topological polar surface area (TPSA) is 29.1 Å². The van der Waals surface area contributed by atoms with E-state index < -0.39 is 0 Å². The van der Waals surface area contributed by atoms with Crippen LogP contribution in [0.3, 0.4) is 0 Å². The summed E-state index contributed by atoms with van der Waals surface area (Å²) in [6.07, 6.45) is 0. The van der Waals surface area contributed by atoms with Crippen LogP contribution in [-0.4, -0.2) is 17.8 Å². The Morgan fingerprint density at radius 3 is 2.85 bits per heavy atom. The highest BCUT2D eigenvalue weighted by molar-refractivity contribution is 7.13. The molecule has 72 valence electrons. The lowest BCUT2D eigenvalue weighted by Gasteiger charge is -2.03. The van der Waals surface area contributed by atoms with E-state index in [4.69, 9.17) is 11.6 Å². The van der Waals surface area contributed by atoms with E-state index in [2.05, 4.69) is 5.32 Å². The molecule has 1 amide bonds. The Morgan fingerprint density at radius 2 is 2.38 bits per heavy atom. The van der Waals surface area contributed by atoms with Crippen molar-refractivity contribution in [1.82, 2.24) is 5.32 Å². The fraction of sp³-hybridized carbons (Fsp3) is 0.444. The van der Waals surface area contributed by atoms with Crippen molar-refractivity contribution in [2.75, 3.05) is 6.54 Å². The van der Waals surface area contributed by atoms with E-state index in [1.165, 1.54) is 11.3 Å². The average Bonchev–Trinajstić information content (AvgIpc) is 2.47. The minimum Gasteiger partial charge on any atom is -0.350 e. The first-order valence-electron chi connectivity index (χ1n) is 4.08. The second-order valence-corrected chi connectivity index (χ2v) is 4.93. The Morgan fingerprint density at radius 1 is 1.69 bits per heavy atom. The molecular weight excluding hydrogens is 206 g/mol. The monoisotopic (exact) mass is 217 g/mol. The number of thiophene rings is 1. The molecule has 0 aromatic carbocycles. The number of carbonyl (C=O) groups excluding carboxylic acids is 1. The molecule has 0 aliphatic rings. The van der Waals surface area contributed by atoms with E-state index >= 15 is 0 Å². The number of amides is 1. The van der Waals surface area contributed by atoms with Crippen LogP contribution in [0.25, 0.3) is 0 Å². The van der Waals surface area contributed by atoms with Crippen LogP contribution in [0.5, 0.6) is 0 Å². The molecule has 2 nitrogen and oxygen atoms in total. The first kappa shape index (κ1) is 10.5. The van der Waals surface area contributed by atoms with Gasteiger partial charge in [-0.3, -0.25) is 4.79 Å². The summed E-state index contributed by atoms with van der Waals surface area (Å²) in [6.45, 7) is 4.34. The van der Waals surface area contributed by atoms with E-state index in [9.17, 15) is 4.79 Å². The Bertz CT molecular complexity index is 296. The molecule has 1 N–H and O–H groups in total. The molecular formula is C9H12ClNOS. The number of rotatable bonds is 3. The molecule has 0 saturated heterocycles. The maximum atomic E-state index is 11.4. The second kappa shape index (κ2) is 4.63. The van der Waals surface area contributed by atoms with Gasteiger partial charge in [0.15, 0.2) is 0 Å². The molecule has 0 aliphatic heterocycles. The van der Waals surface area contributed by atoms with Crippen molar-refractivity contribution in [1.29, 1.82) is 0 Å². The standard InChI is InChI=1S/C9H12ClNOS/c1-6(10)5-11-9(12)8-4-3-7(2)13-8/h3-4,6H,5H2,1-2H3,(H,11,12). The fourth-order valence-electron chi connectivity index (χ4n) is 0.877. The van der Waals surface area contributed by atoms with Crippen molar-refractivity contribution in [3.05, 3.63) is 21.9 Å². The highest BCUT2D eigenvalue weighted by Crippen LogP contribution is 2.14. The number of halogens is 1. The zero-order valence-electron chi connectivity index (χ0n) is 7.63.